The molecule has 3 nitrogen and oxygen atoms in total. The number of piperidine rings is 1. The van der Waals surface area contributed by atoms with Crippen LogP contribution in [0.15, 0.2) is 0 Å². The quantitative estimate of drug-likeness (QED) is 0.680. The highest BCUT2D eigenvalue weighted by Gasteiger charge is 2.15. The van der Waals surface area contributed by atoms with Gasteiger partial charge >= 0.3 is 0 Å². The topological polar surface area (TPSA) is 35.5 Å². The van der Waals surface area contributed by atoms with Gasteiger partial charge in [0.1, 0.15) is 0 Å². The lowest BCUT2D eigenvalue weighted by atomic mass is 9.97. The van der Waals surface area contributed by atoms with E-state index in [0.717, 1.165) is 12.5 Å². The van der Waals surface area contributed by atoms with E-state index in [1.807, 2.05) is 0 Å². The molecule has 1 atom stereocenters. The molecule has 84 valence electrons. The molecular formula is C11H24N2O. The molecule has 3 heteroatoms. The fourth-order valence-electron chi connectivity index (χ4n) is 2.17. The highest BCUT2D eigenvalue weighted by atomic mass is 16.3. The molecule has 1 aliphatic rings. The summed E-state index contributed by atoms with van der Waals surface area (Å²) in [5, 5.41) is 12.3. The van der Waals surface area contributed by atoms with Crippen LogP contribution in [0.5, 0.6) is 0 Å². The van der Waals surface area contributed by atoms with Crippen LogP contribution in [-0.2, 0) is 0 Å². The van der Waals surface area contributed by atoms with Crippen LogP contribution in [0, 0.1) is 11.8 Å². The number of aliphatic hydroxyl groups is 1. The van der Waals surface area contributed by atoms with E-state index in [1.54, 1.807) is 0 Å². The van der Waals surface area contributed by atoms with Gasteiger partial charge in [0.2, 0.25) is 0 Å². The van der Waals surface area contributed by atoms with Crippen LogP contribution in [0.1, 0.15) is 19.8 Å². The van der Waals surface area contributed by atoms with Crippen molar-refractivity contribution in [2.45, 2.75) is 19.8 Å². The molecule has 0 amide bonds. The maximum absolute atomic E-state index is 8.95. The van der Waals surface area contributed by atoms with Gasteiger partial charge in [-0.2, -0.15) is 0 Å². The Morgan fingerprint density at radius 1 is 1.43 bits per heavy atom. The summed E-state index contributed by atoms with van der Waals surface area (Å²) in [4.78, 5) is 2.36. The first kappa shape index (κ1) is 12.0. The highest BCUT2D eigenvalue weighted by molar-refractivity contribution is 4.71. The second kappa shape index (κ2) is 6.38. The molecule has 0 aromatic heterocycles. The third-order valence-electron chi connectivity index (χ3n) is 2.96. The van der Waals surface area contributed by atoms with Crippen molar-refractivity contribution in [2.24, 2.45) is 11.8 Å². The van der Waals surface area contributed by atoms with Crippen molar-refractivity contribution in [3.8, 4) is 0 Å². The Kier molecular flexibility index (Phi) is 5.45. The molecule has 1 aliphatic heterocycles. The van der Waals surface area contributed by atoms with Gasteiger partial charge < -0.3 is 15.3 Å². The minimum Gasteiger partial charge on any atom is -0.396 e. The summed E-state index contributed by atoms with van der Waals surface area (Å²) in [6.45, 7) is 6.95. The van der Waals surface area contributed by atoms with E-state index in [0.29, 0.717) is 12.5 Å². The molecule has 0 aromatic rings. The van der Waals surface area contributed by atoms with Gasteiger partial charge in [-0.1, -0.05) is 6.92 Å². The van der Waals surface area contributed by atoms with Gasteiger partial charge in [-0.05, 0) is 44.8 Å². The lowest BCUT2D eigenvalue weighted by Crippen LogP contribution is -2.36. The summed E-state index contributed by atoms with van der Waals surface area (Å²) < 4.78 is 0. The fraction of sp³-hybridized carbons (Fsp3) is 1.00. The second-order valence-electron chi connectivity index (χ2n) is 4.70. The smallest absolute Gasteiger partial charge is 0.0468 e. The van der Waals surface area contributed by atoms with Crippen LogP contribution in [-0.4, -0.2) is 49.8 Å². The average Bonchev–Trinajstić information content (AvgIpc) is 2.19. The number of hydrogen-bond acceptors (Lipinski definition) is 3. The van der Waals surface area contributed by atoms with E-state index < -0.39 is 0 Å². The first-order valence-electron chi connectivity index (χ1n) is 5.72. The van der Waals surface area contributed by atoms with Crippen LogP contribution >= 0.6 is 0 Å². The summed E-state index contributed by atoms with van der Waals surface area (Å²) in [6, 6.07) is 0. The molecule has 0 spiro atoms. The number of aliphatic hydroxyl groups excluding tert-OH is 1. The van der Waals surface area contributed by atoms with Crippen LogP contribution in [0.2, 0.25) is 0 Å². The molecule has 0 bridgehead atoms. The zero-order valence-corrected chi connectivity index (χ0v) is 9.50. The van der Waals surface area contributed by atoms with Gasteiger partial charge in [0, 0.05) is 19.7 Å². The Morgan fingerprint density at radius 3 is 2.64 bits per heavy atom. The van der Waals surface area contributed by atoms with E-state index in [2.05, 4.69) is 24.2 Å². The Bertz CT molecular complexity index is 146. The van der Waals surface area contributed by atoms with Crippen molar-refractivity contribution >= 4 is 0 Å². The van der Waals surface area contributed by atoms with Crippen LogP contribution < -0.4 is 5.32 Å². The van der Waals surface area contributed by atoms with E-state index in [9.17, 15) is 0 Å². The standard InChI is InChI=1S/C11H24N2O/c1-10(9-14)7-13(2)8-11-3-5-12-6-4-11/h10-12,14H,3-9H2,1-2H3. The first-order valence-corrected chi connectivity index (χ1v) is 5.72. The summed E-state index contributed by atoms with van der Waals surface area (Å²) in [5.41, 5.74) is 0. The third-order valence-corrected chi connectivity index (χ3v) is 2.96. The molecule has 1 fully saturated rings. The van der Waals surface area contributed by atoms with Gasteiger partial charge in [0.05, 0.1) is 0 Å². The van der Waals surface area contributed by atoms with E-state index in [1.165, 1.54) is 32.5 Å². The summed E-state index contributed by atoms with van der Waals surface area (Å²) in [6.07, 6.45) is 2.61. The van der Waals surface area contributed by atoms with Crippen molar-refractivity contribution in [1.82, 2.24) is 10.2 Å². The fourth-order valence-corrected chi connectivity index (χ4v) is 2.17. The molecule has 0 saturated carbocycles. The van der Waals surface area contributed by atoms with Crippen molar-refractivity contribution in [3.05, 3.63) is 0 Å². The van der Waals surface area contributed by atoms with Crippen molar-refractivity contribution in [3.63, 3.8) is 0 Å². The molecule has 2 N–H and O–H groups in total. The Hall–Kier alpha value is -0.120. The van der Waals surface area contributed by atoms with Gasteiger partial charge in [-0.3, -0.25) is 0 Å². The van der Waals surface area contributed by atoms with E-state index in [-0.39, 0.29) is 0 Å². The largest absolute Gasteiger partial charge is 0.396 e. The zero-order chi connectivity index (χ0) is 10.4. The number of hydrogen-bond donors (Lipinski definition) is 2. The average molecular weight is 200 g/mol. The molecular weight excluding hydrogens is 176 g/mol. The Labute approximate surface area is 87.5 Å². The number of nitrogens with zero attached hydrogens (tertiary/aromatic N) is 1. The molecule has 0 aromatic carbocycles. The monoisotopic (exact) mass is 200 g/mol. The van der Waals surface area contributed by atoms with Crippen molar-refractivity contribution < 1.29 is 5.11 Å². The molecule has 14 heavy (non-hydrogen) atoms. The van der Waals surface area contributed by atoms with Crippen molar-refractivity contribution in [2.75, 3.05) is 39.8 Å². The molecule has 1 heterocycles. The van der Waals surface area contributed by atoms with Gasteiger partial charge in [-0.15, -0.1) is 0 Å². The van der Waals surface area contributed by atoms with Gasteiger partial charge in [0.15, 0.2) is 0 Å². The SMILES string of the molecule is CC(CO)CN(C)CC1CCNCC1. The Balaban J connectivity index is 2.14. The lowest BCUT2D eigenvalue weighted by molar-refractivity contribution is 0.169. The minimum atomic E-state index is 0.302. The summed E-state index contributed by atoms with van der Waals surface area (Å²) in [5.74, 6) is 1.26. The maximum atomic E-state index is 8.95. The summed E-state index contributed by atoms with van der Waals surface area (Å²) >= 11 is 0. The van der Waals surface area contributed by atoms with E-state index in [4.69, 9.17) is 5.11 Å². The highest BCUT2D eigenvalue weighted by Crippen LogP contribution is 2.13. The van der Waals surface area contributed by atoms with Crippen LogP contribution in [0.4, 0.5) is 0 Å². The maximum Gasteiger partial charge on any atom is 0.0468 e. The predicted octanol–water partition coefficient (Wildman–Crippen LogP) is 0.546. The molecule has 1 rings (SSSR count). The summed E-state index contributed by atoms with van der Waals surface area (Å²) in [7, 11) is 2.16. The predicted molar refractivity (Wildman–Crippen MR) is 59.3 cm³/mol. The van der Waals surface area contributed by atoms with Crippen molar-refractivity contribution in [1.29, 1.82) is 0 Å². The van der Waals surface area contributed by atoms with Crippen LogP contribution in [0.3, 0.4) is 0 Å². The van der Waals surface area contributed by atoms with Crippen LogP contribution in [0.25, 0.3) is 0 Å². The number of nitrogens with one attached hydrogen (secondary N) is 1. The minimum absolute atomic E-state index is 0.302. The normalized spacial score (nSPS) is 21.4. The molecule has 1 unspecified atom stereocenters. The third kappa shape index (κ3) is 4.40. The van der Waals surface area contributed by atoms with Gasteiger partial charge in [0.25, 0.3) is 0 Å². The zero-order valence-electron chi connectivity index (χ0n) is 9.50. The molecule has 1 saturated heterocycles. The first-order chi connectivity index (χ1) is 6.72. The number of rotatable bonds is 5. The second-order valence-corrected chi connectivity index (χ2v) is 4.70. The molecule has 0 aliphatic carbocycles. The van der Waals surface area contributed by atoms with Gasteiger partial charge in [-0.25, -0.2) is 0 Å². The molecule has 0 radical (unpaired) electrons. The Morgan fingerprint density at radius 2 is 2.07 bits per heavy atom. The van der Waals surface area contributed by atoms with E-state index >= 15 is 0 Å². The lowest BCUT2D eigenvalue weighted by Gasteiger charge is -2.28.